The van der Waals surface area contributed by atoms with Crippen molar-refractivity contribution < 1.29 is 9.53 Å². The number of hydrogen-bond acceptors (Lipinski definition) is 3. The van der Waals surface area contributed by atoms with E-state index in [0.717, 1.165) is 21.9 Å². The van der Waals surface area contributed by atoms with Gasteiger partial charge in [0, 0.05) is 16.3 Å². The predicted octanol–water partition coefficient (Wildman–Crippen LogP) is 6.93. The van der Waals surface area contributed by atoms with Gasteiger partial charge in [0.25, 0.3) is 5.91 Å². The number of fused-ring (bicyclic) bond motifs is 1. The van der Waals surface area contributed by atoms with E-state index in [0.29, 0.717) is 28.6 Å². The second-order valence-corrected chi connectivity index (χ2v) is 8.04. The highest BCUT2D eigenvalue weighted by atomic mass is 35.5. The minimum absolute atomic E-state index is 0.0474. The average molecular weight is 453 g/mol. The van der Waals surface area contributed by atoms with Crippen LogP contribution in [-0.2, 0) is 11.4 Å². The zero-order valence-electron chi connectivity index (χ0n) is 18.0. The molecule has 4 aromatic carbocycles. The van der Waals surface area contributed by atoms with Crippen molar-refractivity contribution >= 4 is 40.0 Å². The van der Waals surface area contributed by atoms with Crippen molar-refractivity contribution in [3.05, 3.63) is 112 Å². The standard InChI is InChI=1S/C28H21ClN2O2/c1-19-6-4-10-25(14-19)31-28(32)23(17-30)15-22-16-24(29)12-13-27(22)33-18-21-9-5-8-20-7-2-3-11-26(20)21/h2-16H,18H2,1H3,(H,31,32)/b23-15+. The Morgan fingerprint density at radius 2 is 1.82 bits per heavy atom. The highest BCUT2D eigenvalue weighted by Crippen LogP contribution is 2.28. The average Bonchev–Trinajstić information content (AvgIpc) is 2.82. The molecule has 0 bridgehead atoms. The van der Waals surface area contributed by atoms with Crippen LogP contribution < -0.4 is 10.1 Å². The first kappa shape index (κ1) is 22.1. The van der Waals surface area contributed by atoms with Gasteiger partial charge in [-0.05, 0) is 65.2 Å². The van der Waals surface area contributed by atoms with Gasteiger partial charge in [0.2, 0.25) is 0 Å². The Balaban J connectivity index is 1.59. The van der Waals surface area contributed by atoms with Gasteiger partial charge in [-0.25, -0.2) is 0 Å². The Morgan fingerprint density at radius 1 is 1.03 bits per heavy atom. The Bertz CT molecular complexity index is 1400. The molecule has 0 radical (unpaired) electrons. The van der Waals surface area contributed by atoms with E-state index >= 15 is 0 Å². The fourth-order valence-corrected chi connectivity index (χ4v) is 3.74. The highest BCUT2D eigenvalue weighted by molar-refractivity contribution is 6.30. The number of nitriles is 1. The zero-order valence-corrected chi connectivity index (χ0v) is 18.8. The van der Waals surface area contributed by atoms with Crippen molar-refractivity contribution in [3.8, 4) is 11.8 Å². The largest absolute Gasteiger partial charge is 0.488 e. The molecule has 0 heterocycles. The van der Waals surface area contributed by atoms with Crippen LogP contribution in [0.4, 0.5) is 5.69 Å². The van der Waals surface area contributed by atoms with Gasteiger partial charge in [-0.15, -0.1) is 0 Å². The monoisotopic (exact) mass is 452 g/mol. The number of nitrogens with one attached hydrogen (secondary N) is 1. The maximum absolute atomic E-state index is 12.7. The number of amides is 1. The lowest BCUT2D eigenvalue weighted by Crippen LogP contribution is -2.13. The maximum Gasteiger partial charge on any atom is 0.266 e. The fraction of sp³-hybridized carbons (Fsp3) is 0.0714. The van der Waals surface area contributed by atoms with E-state index < -0.39 is 5.91 Å². The summed E-state index contributed by atoms with van der Waals surface area (Å²) in [5.41, 5.74) is 3.18. The minimum Gasteiger partial charge on any atom is -0.488 e. The van der Waals surface area contributed by atoms with Gasteiger partial charge in [-0.1, -0.05) is 66.2 Å². The van der Waals surface area contributed by atoms with E-state index in [-0.39, 0.29) is 5.57 Å². The topological polar surface area (TPSA) is 62.1 Å². The first-order chi connectivity index (χ1) is 16.0. The molecule has 0 atom stereocenters. The molecule has 5 heteroatoms. The van der Waals surface area contributed by atoms with E-state index in [4.69, 9.17) is 16.3 Å². The molecule has 4 rings (SSSR count). The minimum atomic E-state index is -0.497. The third-order valence-corrected chi connectivity index (χ3v) is 5.41. The molecule has 1 N–H and O–H groups in total. The Hall–Kier alpha value is -4.07. The molecule has 0 saturated carbocycles. The number of nitrogens with zero attached hydrogens (tertiary/aromatic N) is 1. The summed E-state index contributed by atoms with van der Waals surface area (Å²) >= 11 is 6.20. The molecule has 0 saturated heterocycles. The molecule has 4 aromatic rings. The van der Waals surface area contributed by atoms with E-state index in [9.17, 15) is 10.1 Å². The van der Waals surface area contributed by atoms with Crippen molar-refractivity contribution in [3.63, 3.8) is 0 Å². The van der Waals surface area contributed by atoms with Crippen molar-refractivity contribution in [2.75, 3.05) is 5.32 Å². The Morgan fingerprint density at radius 3 is 2.64 bits per heavy atom. The van der Waals surface area contributed by atoms with E-state index in [1.54, 1.807) is 24.3 Å². The summed E-state index contributed by atoms with van der Waals surface area (Å²) in [6.45, 7) is 2.27. The smallest absolute Gasteiger partial charge is 0.266 e. The first-order valence-corrected chi connectivity index (χ1v) is 10.8. The summed E-state index contributed by atoms with van der Waals surface area (Å²) in [7, 11) is 0. The Labute approximate surface area is 197 Å². The summed E-state index contributed by atoms with van der Waals surface area (Å²) in [4.78, 5) is 12.7. The molecule has 33 heavy (non-hydrogen) atoms. The number of aryl methyl sites for hydroxylation is 1. The maximum atomic E-state index is 12.7. The van der Waals surface area contributed by atoms with Crippen molar-refractivity contribution in [1.82, 2.24) is 0 Å². The number of carbonyl (C=O) groups excluding carboxylic acids is 1. The van der Waals surface area contributed by atoms with Crippen LogP contribution in [0.25, 0.3) is 16.8 Å². The summed E-state index contributed by atoms with van der Waals surface area (Å²) in [5, 5.41) is 15.1. The second-order valence-electron chi connectivity index (χ2n) is 7.60. The van der Waals surface area contributed by atoms with Crippen molar-refractivity contribution in [2.24, 2.45) is 0 Å². The summed E-state index contributed by atoms with van der Waals surface area (Å²) < 4.78 is 6.10. The molecule has 0 aliphatic carbocycles. The van der Waals surface area contributed by atoms with Gasteiger partial charge >= 0.3 is 0 Å². The quantitative estimate of drug-likeness (QED) is 0.255. The second kappa shape index (κ2) is 10.0. The molecule has 0 unspecified atom stereocenters. The molecule has 0 aliphatic rings. The number of carbonyl (C=O) groups is 1. The van der Waals surface area contributed by atoms with Crippen LogP contribution in [0.3, 0.4) is 0 Å². The van der Waals surface area contributed by atoms with E-state index in [2.05, 4.69) is 23.5 Å². The lowest BCUT2D eigenvalue weighted by Gasteiger charge is -2.12. The van der Waals surface area contributed by atoms with Crippen LogP contribution in [0.5, 0.6) is 5.75 Å². The first-order valence-electron chi connectivity index (χ1n) is 10.4. The predicted molar refractivity (Wildman–Crippen MR) is 133 cm³/mol. The van der Waals surface area contributed by atoms with Crippen molar-refractivity contribution in [1.29, 1.82) is 5.26 Å². The summed E-state index contributed by atoms with van der Waals surface area (Å²) in [5.74, 6) is 0.0338. The summed E-state index contributed by atoms with van der Waals surface area (Å²) in [6.07, 6.45) is 1.50. The number of halogens is 1. The number of rotatable bonds is 6. The third kappa shape index (κ3) is 5.41. The SMILES string of the molecule is Cc1cccc(NC(=O)/C(C#N)=C/c2cc(Cl)ccc2OCc2cccc3ccccc23)c1. The molecule has 0 aliphatic heterocycles. The van der Waals surface area contributed by atoms with E-state index in [1.807, 2.05) is 55.5 Å². The van der Waals surface area contributed by atoms with Gasteiger partial charge in [0.05, 0.1) is 0 Å². The Kier molecular flexibility index (Phi) is 6.73. The van der Waals surface area contributed by atoms with Crippen LogP contribution in [0.2, 0.25) is 5.02 Å². The normalized spacial score (nSPS) is 11.1. The summed E-state index contributed by atoms with van der Waals surface area (Å²) in [6, 6.07) is 28.7. The third-order valence-electron chi connectivity index (χ3n) is 5.18. The lowest BCUT2D eigenvalue weighted by molar-refractivity contribution is -0.112. The van der Waals surface area contributed by atoms with Gasteiger partial charge in [-0.3, -0.25) is 4.79 Å². The molecule has 1 amide bonds. The molecular weight excluding hydrogens is 432 g/mol. The molecule has 162 valence electrons. The number of hydrogen-bond donors (Lipinski definition) is 1. The molecule has 4 nitrogen and oxygen atoms in total. The number of ether oxygens (including phenoxy) is 1. The van der Waals surface area contributed by atoms with Gasteiger partial charge < -0.3 is 10.1 Å². The van der Waals surface area contributed by atoms with Crippen LogP contribution >= 0.6 is 11.6 Å². The zero-order chi connectivity index (χ0) is 23.2. The molecule has 0 spiro atoms. The van der Waals surface area contributed by atoms with Gasteiger partial charge in [-0.2, -0.15) is 5.26 Å². The van der Waals surface area contributed by atoms with Crippen LogP contribution in [0.15, 0.2) is 90.5 Å². The van der Waals surface area contributed by atoms with Gasteiger partial charge in [0.15, 0.2) is 0 Å². The number of benzene rings is 4. The van der Waals surface area contributed by atoms with Gasteiger partial charge in [0.1, 0.15) is 24.0 Å². The van der Waals surface area contributed by atoms with Crippen LogP contribution in [0, 0.1) is 18.3 Å². The molecule has 0 aromatic heterocycles. The van der Waals surface area contributed by atoms with E-state index in [1.165, 1.54) is 6.08 Å². The van der Waals surface area contributed by atoms with Crippen LogP contribution in [-0.4, -0.2) is 5.91 Å². The fourth-order valence-electron chi connectivity index (χ4n) is 3.56. The molecular formula is C28H21ClN2O2. The molecule has 0 fully saturated rings. The van der Waals surface area contributed by atoms with Crippen molar-refractivity contribution in [2.45, 2.75) is 13.5 Å². The number of anilines is 1. The lowest BCUT2D eigenvalue weighted by atomic mass is 10.1. The van der Waals surface area contributed by atoms with Crippen LogP contribution in [0.1, 0.15) is 16.7 Å². The highest BCUT2D eigenvalue weighted by Gasteiger charge is 2.13.